The van der Waals surface area contributed by atoms with E-state index in [0.29, 0.717) is 5.69 Å². The van der Waals surface area contributed by atoms with Crippen molar-refractivity contribution >= 4 is 23.5 Å². The third-order valence-electron chi connectivity index (χ3n) is 3.72. The number of carbonyl (C=O) groups is 3. The standard InChI is InChI=1S/C18H21N3O5/c1-11-10-14(15(19-11)18(25)26-2)21-17(24)16(23)20-13(8-9-22)12-6-4-3-5-7-12/h3-7,10,13,19,22H,8-9H2,1-2H3,(H,20,23)(H,21,24)/t13-/m0/s1. The van der Waals surface area contributed by atoms with Gasteiger partial charge in [-0.25, -0.2) is 4.79 Å². The second-order valence-corrected chi connectivity index (χ2v) is 5.64. The fourth-order valence-electron chi connectivity index (χ4n) is 2.49. The number of H-pyrrole nitrogens is 1. The number of carbonyl (C=O) groups excluding carboxylic acids is 3. The van der Waals surface area contributed by atoms with Crippen LogP contribution in [0.2, 0.25) is 0 Å². The summed E-state index contributed by atoms with van der Waals surface area (Å²) in [5, 5.41) is 14.2. The quantitative estimate of drug-likeness (QED) is 0.457. The minimum absolute atomic E-state index is 0.0566. The highest BCUT2D eigenvalue weighted by molar-refractivity contribution is 6.40. The largest absolute Gasteiger partial charge is 0.464 e. The highest BCUT2D eigenvalue weighted by Crippen LogP contribution is 2.19. The molecule has 0 radical (unpaired) electrons. The van der Waals surface area contributed by atoms with Gasteiger partial charge in [0.15, 0.2) is 0 Å². The van der Waals surface area contributed by atoms with Gasteiger partial charge in [0.05, 0.1) is 18.8 Å². The second-order valence-electron chi connectivity index (χ2n) is 5.64. The average molecular weight is 359 g/mol. The number of nitrogens with one attached hydrogen (secondary N) is 3. The number of esters is 1. The molecule has 8 heteroatoms. The average Bonchev–Trinajstić information content (AvgIpc) is 3.01. The van der Waals surface area contributed by atoms with Gasteiger partial charge in [0.25, 0.3) is 0 Å². The van der Waals surface area contributed by atoms with Crippen LogP contribution in [0.5, 0.6) is 0 Å². The molecule has 0 aliphatic rings. The number of benzene rings is 1. The second kappa shape index (κ2) is 8.82. The highest BCUT2D eigenvalue weighted by atomic mass is 16.5. The van der Waals surface area contributed by atoms with Crippen LogP contribution in [-0.4, -0.2) is 41.6 Å². The molecule has 8 nitrogen and oxygen atoms in total. The summed E-state index contributed by atoms with van der Waals surface area (Å²) in [4.78, 5) is 38.9. The molecule has 4 N–H and O–H groups in total. The van der Waals surface area contributed by atoms with E-state index in [1.165, 1.54) is 13.2 Å². The third-order valence-corrected chi connectivity index (χ3v) is 3.72. The predicted octanol–water partition coefficient (Wildman–Crippen LogP) is 1.29. The number of aliphatic hydroxyl groups is 1. The first-order chi connectivity index (χ1) is 12.5. The Morgan fingerprint density at radius 2 is 1.88 bits per heavy atom. The molecule has 2 rings (SSSR count). The molecule has 0 aliphatic carbocycles. The first-order valence-corrected chi connectivity index (χ1v) is 8.01. The number of amides is 2. The van der Waals surface area contributed by atoms with Crippen molar-refractivity contribution in [3.8, 4) is 0 Å². The Balaban J connectivity index is 2.10. The van der Waals surface area contributed by atoms with Gasteiger partial charge in [-0.05, 0) is 25.0 Å². The lowest BCUT2D eigenvalue weighted by Crippen LogP contribution is -2.38. The number of aryl methyl sites for hydroxylation is 1. The Bertz CT molecular complexity index is 785. The molecule has 0 spiro atoms. The number of hydrogen-bond donors (Lipinski definition) is 4. The molecule has 1 aromatic carbocycles. The van der Waals surface area contributed by atoms with E-state index >= 15 is 0 Å². The molecule has 0 bridgehead atoms. The summed E-state index contributed by atoms with van der Waals surface area (Å²) in [5.41, 5.74) is 1.62. The Kier molecular flexibility index (Phi) is 6.51. The number of rotatable bonds is 6. The summed E-state index contributed by atoms with van der Waals surface area (Å²) >= 11 is 0. The summed E-state index contributed by atoms with van der Waals surface area (Å²) in [7, 11) is 1.22. The number of methoxy groups -OCH3 is 1. The van der Waals surface area contributed by atoms with Gasteiger partial charge in [-0.1, -0.05) is 30.3 Å². The van der Waals surface area contributed by atoms with Gasteiger partial charge < -0.3 is 25.5 Å². The molecule has 1 heterocycles. The summed E-state index contributed by atoms with van der Waals surface area (Å²) in [6, 6.07) is 10.0. The molecular formula is C18H21N3O5. The lowest BCUT2D eigenvalue weighted by Gasteiger charge is -2.18. The Morgan fingerprint density at radius 1 is 1.19 bits per heavy atom. The first-order valence-electron chi connectivity index (χ1n) is 8.01. The maximum Gasteiger partial charge on any atom is 0.356 e. The number of hydrogen-bond acceptors (Lipinski definition) is 5. The zero-order chi connectivity index (χ0) is 19.1. The van der Waals surface area contributed by atoms with Gasteiger partial charge in [0, 0.05) is 12.3 Å². The number of aromatic nitrogens is 1. The SMILES string of the molecule is COC(=O)c1[nH]c(C)cc1NC(=O)C(=O)N[C@@H](CCO)c1ccccc1. The predicted molar refractivity (Wildman–Crippen MR) is 94.5 cm³/mol. The zero-order valence-corrected chi connectivity index (χ0v) is 14.5. The fraction of sp³-hybridized carbons (Fsp3) is 0.278. The van der Waals surface area contributed by atoms with Crippen molar-refractivity contribution in [1.82, 2.24) is 10.3 Å². The summed E-state index contributed by atoms with van der Waals surface area (Å²) in [6.45, 7) is 1.56. The Hall–Kier alpha value is -3.13. The number of anilines is 1. The van der Waals surface area contributed by atoms with E-state index in [9.17, 15) is 19.5 Å². The van der Waals surface area contributed by atoms with Gasteiger partial charge in [0.1, 0.15) is 5.69 Å². The van der Waals surface area contributed by atoms with E-state index in [1.54, 1.807) is 31.2 Å². The van der Waals surface area contributed by atoms with E-state index in [4.69, 9.17) is 0 Å². The monoisotopic (exact) mass is 359 g/mol. The molecule has 2 amide bonds. The normalized spacial score (nSPS) is 11.5. The van der Waals surface area contributed by atoms with Crippen molar-refractivity contribution in [3.05, 3.63) is 53.3 Å². The van der Waals surface area contributed by atoms with Crippen molar-refractivity contribution in [2.45, 2.75) is 19.4 Å². The van der Waals surface area contributed by atoms with E-state index in [1.807, 2.05) is 6.07 Å². The highest BCUT2D eigenvalue weighted by Gasteiger charge is 2.23. The van der Waals surface area contributed by atoms with Crippen LogP contribution in [0.15, 0.2) is 36.4 Å². The molecule has 0 aliphatic heterocycles. The van der Waals surface area contributed by atoms with E-state index < -0.39 is 23.8 Å². The fourth-order valence-corrected chi connectivity index (χ4v) is 2.49. The van der Waals surface area contributed by atoms with E-state index in [-0.39, 0.29) is 24.4 Å². The van der Waals surface area contributed by atoms with Crippen molar-refractivity contribution in [2.75, 3.05) is 19.0 Å². The summed E-state index contributed by atoms with van der Waals surface area (Å²) in [5.74, 6) is -2.45. The van der Waals surface area contributed by atoms with Gasteiger partial charge >= 0.3 is 17.8 Å². The molecule has 26 heavy (non-hydrogen) atoms. The molecule has 2 aromatic rings. The summed E-state index contributed by atoms with van der Waals surface area (Å²) < 4.78 is 4.64. The van der Waals surface area contributed by atoms with Crippen molar-refractivity contribution in [3.63, 3.8) is 0 Å². The zero-order valence-electron chi connectivity index (χ0n) is 14.5. The third kappa shape index (κ3) is 4.70. The van der Waals surface area contributed by atoms with Crippen LogP contribution < -0.4 is 10.6 Å². The van der Waals surface area contributed by atoms with Crippen LogP contribution in [0.25, 0.3) is 0 Å². The maximum atomic E-state index is 12.2. The first kappa shape index (κ1) is 19.2. The van der Waals surface area contributed by atoms with Gasteiger partial charge in [-0.15, -0.1) is 0 Å². The van der Waals surface area contributed by atoms with Crippen LogP contribution in [0, 0.1) is 6.92 Å². The number of aliphatic hydroxyl groups excluding tert-OH is 1. The van der Waals surface area contributed by atoms with Crippen molar-refractivity contribution in [2.24, 2.45) is 0 Å². The number of aromatic amines is 1. The Morgan fingerprint density at radius 3 is 2.50 bits per heavy atom. The molecule has 1 atom stereocenters. The molecule has 0 unspecified atom stereocenters. The topological polar surface area (TPSA) is 121 Å². The minimum Gasteiger partial charge on any atom is -0.464 e. The van der Waals surface area contributed by atoms with Crippen molar-refractivity contribution < 1.29 is 24.2 Å². The van der Waals surface area contributed by atoms with Gasteiger partial charge in [0.2, 0.25) is 0 Å². The van der Waals surface area contributed by atoms with Crippen LogP contribution in [-0.2, 0) is 14.3 Å². The lowest BCUT2D eigenvalue weighted by molar-refractivity contribution is -0.136. The molecule has 1 aromatic heterocycles. The number of ether oxygens (including phenoxy) is 1. The lowest BCUT2D eigenvalue weighted by atomic mass is 10.0. The molecule has 0 fully saturated rings. The molecule has 0 saturated heterocycles. The van der Waals surface area contributed by atoms with Crippen LogP contribution >= 0.6 is 0 Å². The minimum atomic E-state index is -0.923. The van der Waals surface area contributed by atoms with Gasteiger partial charge in [-0.3, -0.25) is 9.59 Å². The van der Waals surface area contributed by atoms with Gasteiger partial charge in [-0.2, -0.15) is 0 Å². The smallest absolute Gasteiger partial charge is 0.356 e. The van der Waals surface area contributed by atoms with E-state index in [0.717, 1.165) is 5.56 Å². The molecular weight excluding hydrogens is 338 g/mol. The Labute approximate surface area is 150 Å². The molecule has 138 valence electrons. The summed E-state index contributed by atoms with van der Waals surface area (Å²) in [6.07, 6.45) is 0.264. The molecule has 0 saturated carbocycles. The maximum absolute atomic E-state index is 12.2. The van der Waals surface area contributed by atoms with Crippen LogP contribution in [0.4, 0.5) is 5.69 Å². The van der Waals surface area contributed by atoms with Crippen LogP contribution in [0.3, 0.4) is 0 Å². The van der Waals surface area contributed by atoms with E-state index in [2.05, 4.69) is 20.4 Å². The van der Waals surface area contributed by atoms with Crippen molar-refractivity contribution in [1.29, 1.82) is 0 Å². The van der Waals surface area contributed by atoms with Crippen LogP contribution in [0.1, 0.15) is 34.2 Å².